The largest absolute Gasteiger partial charge is 0.548 e. The normalized spacial score (nSPS) is 17.3. The molecule has 3 rings (SSSR count). The van der Waals surface area contributed by atoms with Crippen molar-refractivity contribution in [3.8, 4) is 0 Å². The monoisotopic (exact) mass is 337 g/mol. The predicted octanol–water partition coefficient (Wildman–Crippen LogP) is 0.657. The summed E-state index contributed by atoms with van der Waals surface area (Å²) in [5.41, 5.74) is 2.33. The molecule has 0 aliphatic carbocycles. The van der Waals surface area contributed by atoms with E-state index in [1.165, 1.54) is 0 Å². The molecule has 25 heavy (non-hydrogen) atoms. The Hall–Kier alpha value is -3.15. The number of carboxylic acids is 1. The molecule has 0 radical (unpaired) electrons. The van der Waals surface area contributed by atoms with Gasteiger partial charge in [-0.1, -0.05) is 65.8 Å². The Balaban J connectivity index is 1.60. The molecular formula is C19H17N2O4-. The Bertz CT molecular complexity index is 775. The fraction of sp³-hybridized carbons (Fsp3) is 0.211. The van der Waals surface area contributed by atoms with E-state index >= 15 is 0 Å². The zero-order valence-corrected chi connectivity index (χ0v) is 13.4. The van der Waals surface area contributed by atoms with Crippen molar-refractivity contribution in [2.75, 3.05) is 0 Å². The van der Waals surface area contributed by atoms with E-state index < -0.39 is 24.0 Å². The molecule has 1 amide bonds. The molecule has 2 atom stereocenters. The van der Waals surface area contributed by atoms with Gasteiger partial charge in [0.15, 0.2) is 0 Å². The fourth-order valence-corrected chi connectivity index (χ4v) is 2.63. The van der Waals surface area contributed by atoms with Crippen LogP contribution in [0.5, 0.6) is 0 Å². The van der Waals surface area contributed by atoms with Gasteiger partial charge in [-0.2, -0.15) is 0 Å². The molecule has 1 heterocycles. The Morgan fingerprint density at radius 3 is 2.40 bits per heavy atom. The van der Waals surface area contributed by atoms with Crippen molar-refractivity contribution in [1.82, 2.24) is 5.32 Å². The number of benzene rings is 2. The summed E-state index contributed by atoms with van der Waals surface area (Å²) in [6.45, 7) is 0. The number of amides is 1. The number of nitrogens with one attached hydrogen (secondary N) is 1. The average molecular weight is 337 g/mol. The van der Waals surface area contributed by atoms with E-state index in [0.717, 1.165) is 11.1 Å². The van der Waals surface area contributed by atoms with E-state index in [2.05, 4.69) is 10.5 Å². The van der Waals surface area contributed by atoms with E-state index in [0.29, 0.717) is 12.1 Å². The average Bonchev–Trinajstić information content (AvgIpc) is 3.13. The lowest BCUT2D eigenvalue weighted by Gasteiger charge is -2.21. The molecule has 0 unspecified atom stereocenters. The molecule has 6 nitrogen and oxygen atoms in total. The molecule has 0 saturated heterocycles. The highest BCUT2D eigenvalue weighted by atomic mass is 16.6. The Labute approximate surface area is 145 Å². The second kappa shape index (κ2) is 7.61. The smallest absolute Gasteiger partial charge is 0.264 e. The van der Waals surface area contributed by atoms with Gasteiger partial charge in [-0.15, -0.1) is 0 Å². The maximum atomic E-state index is 12.3. The SMILES string of the molecule is O=C([O-])[C@@H](Cc1ccccc1)NC(=O)[C@H]1CC(c2ccccc2)=NO1. The first-order chi connectivity index (χ1) is 12.1. The van der Waals surface area contributed by atoms with Crippen LogP contribution in [0.25, 0.3) is 0 Å². The maximum Gasteiger partial charge on any atom is 0.264 e. The van der Waals surface area contributed by atoms with Crippen molar-refractivity contribution in [2.24, 2.45) is 5.16 Å². The molecule has 0 spiro atoms. The molecule has 128 valence electrons. The number of carbonyl (C=O) groups is 2. The number of aliphatic carboxylic acids is 1. The second-order valence-corrected chi connectivity index (χ2v) is 5.77. The van der Waals surface area contributed by atoms with Crippen molar-refractivity contribution in [3.05, 3.63) is 71.8 Å². The molecule has 0 fully saturated rings. The topological polar surface area (TPSA) is 90.8 Å². The van der Waals surface area contributed by atoms with Crippen LogP contribution in [0.2, 0.25) is 0 Å². The minimum atomic E-state index is -1.33. The third kappa shape index (κ3) is 4.23. The zero-order valence-electron chi connectivity index (χ0n) is 13.4. The standard InChI is InChI=1S/C19H18N2O4/c22-18(17-12-15(21-25-17)14-9-5-2-6-10-14)20-16(19(23)24)11-13-7-3-1-4-8-13/h1-10,16-17H,11-12H2,(H,20,22)(H,23,24)/p-1/t16-,17-/m1/s1. The summed E-state index contributed by atoms with van der Waals surface area (Å²) in [7, 11) is 0. The molecule has 0 bridgehead atoms. The van der Waals surface area contributed by atoms with Gasteiger partial charge in [-0.25, -0.2) is 0 Å². The number of carboxylic acid groups (broad SMARTS) is 1. The van der Waals surface area contributed by atoms with Gasteiger partial charge in [-0.05, 0) is 17.5 Å². The number of rotatable bonds is 6. The highest BCUT2D eigenvalue weighted by molar-refractivity contribution is 6.04. The Morgan fingerprint density at radius 2 is 1.76 bits per heavy atom. The van der Waals surface area contributed by atoms with Gasteiger partial charge in [0.2, 0.25) is 6.10 Å². The number of hydrogen-bond acceptors (Lipinski definition) is 5. The van der Waals surface area contributed by atoms with Gasteiger partial charge >= 0.3 is 0 Å². The molecular weight excluding hydrogens is 320 g/mol. The third-order valence-corrected chi connectivity index (χ3v) is 3.95. The molecule has 2 aromatic rings. The Kier molecular flexibility index (Phi) is 5.09. The summed E-state index contributed by atoms with van der Waals surface area (Å²) in [6, 6.07) is 17.3. The number of carbonyl (C=O) groups excluding carboxylic acids is 2. The van der Waals surface area contributed by atoms with E-state index in [4.69, 9.17) is 4.84 Å². The molecule has 1 aliphatic rings. The highest BCUT2D eigenvalue weighted by Crippen LogP contribution is 2.17. The summed E-state index contributed by atoms with van der Waals surface area (Å²) < 4.78 is 0. The van der Waals surface area contributed by atoms with Crippen LogP contribution in [0.4, 0.5) is 0 Å². The number of oxime groups is 1. The lowest BCUT2D eigenvalue weighted by molar-refractivity contribution is -0.308. The van der Waals surface area contributed by atoms with Crippen molar-refractivity contribution in [3.63, 3.8) is 0 Å². The number of hydrogen-bond donors (Lipinski definition) is 1. The van der Waals surface area contributed by atoms with E-state index in [9.17, 15) is 14.7 Å². The quantitative estimate of drug-likeness (QED) is 0.838. The number of nitrogens with zero attached hydrogens (tertiary/aromatic N) is 1. The van der Waals surface area contributed by atoms with Crippen LogP contribution >= 0.6 is 0 Å². The predicted molar refractivity (Wildman–Crippen MR) is 89.6 cm³/mol. The summed E-state index contributed by atoms with van der Waals surface area (Å²) >= 11 is 0. The lowest BCUT2D eigenvalue weighted by Crippen LogP contribution is -2.51. The zero-order chi connectivity index (χ0) is 17.6. The summed E-state index contributed by atoms with van der Waals surface area (Å²) in [4.78, 5) is 28.8. The van der Waals surface area contributed by atoms with Crippen molar-refractivity contribution >= 4 is 17.6 Å². The van der Waals surface area contributed by atoms with E-state index in [1.807, 2.05) is 48.5 Å². The van der Waals surface area contributed by atoms with Crippen LogP contribution in [0.3, 0.4) is 0 Å². The van der Waals surface area contributed by atoms with Crippen molar-refractivity contribution in [2.45, 2.75) is 25.0 Å². The second-order valence-electron chi connectivity index (χ2n) is 5.77. The summed E-state index contributed by atoms with van der Waals surface area (Å²) in [5.74, 6) is -1.85. The molecule has 1 N–H and O–H groups in total. The molecule has 6 heteroatoms. The lowest BCUT2D eigenvalue weighted by atomic mass is 10.0. The van der Waals surface area contributed by atoms with Gasteiger partial charge in [-0.3, -0.25) is 4.79 Å². The fourth-order valence-electron chi connectivity index (χ4n) is 2.63. The Morgan fingerprint density at radius 1 is 1.12 bits per heavy atom. The van der Waals surface area contributed by atoms with Gasteiger partial charge in [0.1, 0.15) is 0 Å². The molecule has 0 saturated carbocycles. The minimum absolute atomic E-state index is 0.147. The molecule has 2 aromatic carbocycles. The third-order valence-electron chi connectivity index (χ3n) is 3.95. The van der Waals surface area contributed by atoms with Crippen molar-refractivity contribution in [1.29, 1.82) is 0 Å². The van der Waals surface area contributed by atoms with Crippen LogP contribution in [0.15, 0.2) is 65.8 Å². The van der Waals surface area contributed by atoms with Crippen LogP contribution < -0.4 is 10.4 Å². The van der Waals surface area contributed by atoms with Crippen LogP contribution in [0, 0.1) is 0 Å². The van der Waals surface area contributed by atoms with Gasteiger partial charge < -0.3 is 20.1 Å². The summed E-state index contributed by atoms with van der Waals surface area (Å²) in [6.07, 6.45) is -0.401. The van der Waals surface area contributed by atoms with Crippen LogP contribution in [-0.4, -0.2) is 29.7 Å². The van der Waals surface area contributed by atoms with Gasteiger partial charge in [0, 0.05) is 6.42 Å². The van der Waals surface area contributed by atoms with Crippen LogP contribution in [0.1, 0.15) is 17.5 Å². The highest BCUT2D eigenvalue weighted by Gasteiger charge is 2.30. The van der Waals surface area contributed by atoms with Gasteiger partial charge in [0.05, 0.1) is 17.7 Å². The first-order valence-electron chi connectivity index (χ1n) is 7.97. The van der Waals surface area contributed by atoms with E-state index in [-0.39, 0.29) is 6.42 Å². The molecule has 0 aromatic heterocycles. The molecule has 1 aliphatic heterocycles. The first kappa shape index (κ1) is 16.7. The first-order valence-corrected chi connectivity index (χ1v) is 7.97. The van der Waals surface area contributed by atoms with Crippen LogP contribution in [-0.2, 0) is 20.8 Å². The maximum absolute atomic E-state index is 12.3. The van der Waals surface area contributed by atoms with Crippen molar-refractivity contribution < 1.29 is 19.5 Å². The van der Waals surface area contributed by atoms with E-state index in [1.54, 1.807) is 12.1 Å². The minimum Gasteiger partial charge on any atom is -0.548 e. The van der Waals surface area contributed by atoms with Gasteiger partial charge in [0.25, 0.3) is 5.91 Å². The summed E-state index contributed by atoms with van der Waals surface area (Å²) in [5, 5.41) is 17.8.